The number of furan rings is 3. The molecule has 0 saturated carbocycles. The number of halogens is 6. The normalized spacial score (nSPS) is 16.4. The van der Waals surface area contributed by atoms with Gasteiger partial charge in [-0.05, 0) is 269 Å². The minimum Gasteiger partial charge on any atom is -0.506 e. The topological polar surface area (TPSA) is 115 Å². The number of thiophene rings is 4. The van der Waals surface area contributed by atoms with Crippen molar-refractivity contribution in [1.29, 1.82) is 0 Å². The summed E-state index contributed by atoms with van der Waals surface area (Å²) in [5, 5.41) is 22.0. The molecule has 10 nitrogen and oxygen atoms in total. The second-order valence-electron chi connectivity index (χ2n) is 35.3. The van der Waals surface area contributed by atoms with E-state index in [1.807, 2.05) is 187 Å². The molecule has 0 unspecified atom stereocenters. The van der Waals surface area contributed by atoms with Gasteiger partial charge in [0.2, 0.25) is 0 Å². The zero-order valence-corrected chi connectivity index (χ0v) is 86.1. The van der Waals surface area contributed by atoms with Crippen molar-refractivity contribution >= 4 is 258 Å². The Morgan fingerprint density at radius 3 is 1.02 bits per heavy atom. The molecule has 3 aliphatic rings. The van der Waals surface area contributed by atoms with E-state index in [2.05, 4.69) is 271 Å². The molecule has 3 saturated heterocycles. The van der Waals surface area contributed by atoms with Gasteiger partial charge in [-0.25, -0.2) is 0 Å². The van der Waals surface area contributed by atoms with Crippen molar-refractivity contribution in [2.45, 2.75) is 117 Å². The molecule has 23 heteroatoms. The first-order valence-corrected chi connectivity index (χ1v) is 50.4. The van der Waals surface area contributed by atoms with Crippen LogP contribution in [0.15, 0.2) is 357 Å². The highest BCUT2D eigenvalue weighted by Gasteiger charge is 2.64. The monoisotopic (exact) mass is 2170 g/mol. The molecule has 0 radical (unpaired) electrons. The predicted octanol–water partition coefficient (Wildman–Crippen LogP) is 35.6. The Morgan fingerprint density at radius 1 is 0.313 bits per heavy atom. The maximum absolute atomic E-state index is 10.6. The number of phenols is 1. The standard InChI is InChI=1S/C26H23BO3S.C26H15BrOS.C20H11BrOS.C20H13BrOS.C12H24B2O4.C6H4Br2.CH3F/c1-25(2)26(3,4)30-27(29-25)19-14-13-18(22-15-16-9-5-8-12-21(16)31-22)23-17-10-6-7-11-20(17)28-24(19)23;27-18-11-9-16(10-12-18)19-13-14-21(24-15-17-5-1-4-8-23(17)29-24)25-20-6-2-3-7-22(20)28-26(19)25;21-15-10-9-14(18-11-12-5-1-4-8-17(12)23-18)19-13-6-2-3-7-16(13)22-20(15)19;21-16-11-10-15(18-12-14-8-4-5-9-17(14)23-18)19(20(16)22)13-6-2-1-3-7-13;1-9(2)10(3,4)16-13(15-9)14-17-11(5,6)12(7,8)18-14;7-5-1-2-6(8)4-3-5;1-2/h5-15H,1-4H3;1-15H;1-11H;1-12,22H;1-8H3;1-4H;1H3/i;9D,10D,11D,12D;;;;1D,2D,3D,4D;1D. The van der Waals surface area contributed by atoms with Crippen molar-refractivity contribution in [2.75, 3.05) is 7.15 Å². The van der Waals surface area contributed by atoms with E-state index in [4.69, 9.17) is 53.5 Å². The van der Waals surface area contributed by atoms with E-state index < -0.39 is 39.5 Å². The molecular formula is C111H93B3Br5FO10S4. The highest BCUT2D eigenvalue weighted by molar-refractivity contribution is 9.11. The Bertz CT molecular complexity index is 8130. The zero-order valence-electron chi connectivity index (χ0n) is 83.9. The fourth-order valence-corrected chi connectivity index (χ4v) is 22.0. The van der Waals surface area contributed by atoms with Crippen LogP contribution >= 0.6 is 125 Å². The molecule has 0 amide bonds. The van der Waals surface area contributed by atoms with Crippen LogP contribution in [-0.2, 0) is 27.9 Å². The Kier molecular flexibility index (Phi) is 24.2. The number of phenolic OH excluding ortho intramolecular Hbond substituents is 1. The Hall–Kier alpha value is -9.60. The molecule has 3 aliphatic heterocycles. The van der Waals surface area contributed by atoms with Gasteiger partial charge in [-0.3, -0.25) is 4.39 Å². The van der Waals surface area contributed by atoms with Gasteiger partial charge < -0.3 is 46.3 Å². The Labute approximate surface area is 850 Å². The maximum Gasteiger partial charge on any atom is 0.498 e. The first kappa shape index (κ1) is 83.7. The summed E-state index contributed by atoms with van der Waals surface area (Å²) < 4.78 is 141. The average molecular weight is 2180 g/mol. The van der Waals surface area contributed by atoms with Crippen LogP contribution in [0.1, 0.15) is 95.4 Å². The first-order valence-electron chi connectivity index (χ1n) is 47.9. The molecule has 672 valence electrons. The van der Waals surface area contributed by atoms with Crippen LogP contribution in [0.4, 0.5) is 4.39 Å². The summed E-state index contributed by atoms with van der Waals surface area (Å²) in [6.45, 7) is 24.5. The summed E-state index contributed by atoms with van der Waals surface area (Å²) in [5.41, 5.74) is 10.7. The molecule has 24 rings (SSSR count). The molecule has 0 atom stereocenters. The van der Waals surface area contributed by atoms with Gasteiger partial charge in [-0.2, -0.15) is 0 Å². The highest BCUT2D eigenvalue weighted by Crippen LogP contribution is 2.52. The van der Waals surface area contributed by atoms with Crippen LogP contribution in [0.2, 0.25) is 0 Å². The van der Waals surface area contributed by atoms with Gasteiger partial charge in [0.1, 0.15) is 39.2 Å². The molecule has 0 bridgehead atoms. The highest BCUT2D eigenvalue weighted by atomic mass is 79.9. The van der Waals surface area contributed by atoms with Crippen molar-refractivity contribution in [2.24, 2.45) is 0 Å². The van der Waals surface area contributed by atoms with Gasteiger partial charge in [0.05, 0.1) is 62.0 Å². The molecule has 0 aliphatic carbocycles. The van der Waals surface area contributed by atoms with E-state index in [-0.39, 0.29) is 95.5 Å². The third-order valence-corrected chi connectivity index (χ3v) is 32.3. The molecule has 134 heavy (non-hydrogen) atoms. The van der Waals surface area contributed by atoms with E-state index in [9.17, 15) is 9.50 Å². The van der Waals surface area contributed by atoms with Gasteiger partial charge in [0.15, 0.2) is 0 Å². The average Bonchev–Trinajstić information content (AvgIpc) is 1.59. The minimum atomic E-state index is -1.00. The number of alkyl halides is 1. The molecular weight excluding hydrogens is 2070 g/mol. The van der Waals surface area contributed by atoms with E-state index in [1.54, 1.807) is 22.7 Å². The van der Waals surface area contributed by atoms with Gasteiger partial charge in [-0.15, -0.1) is 45.3 Å². The summed E-state index contributed by atoms with van der Waals surface area (Å²) in [6.07, 6.45) is 0. The van der Waals surface area contributed by atoms with E-state index in [0.29, 0.717) is 15.6 Å². The van der Waals surface area contributed by atoms with Crippen LogP contribution in [0.5, 0.6) is 5.75 Å². The lowest BCUT2D eigenvalue weighted by molar-refractivity contribution is 0.00578. The summed E-state index contributed by atoms with van der Waals surface area (Å²) in [4.78, 5) is 4.77. The fraction of sp³-hybridized carbons (Fsp3) is 0.171. The molecule has 14 aromatic carbocycles. The van der Waals surface area contributed by atoms with E-state index in [1.165, 1.54) is 66.6 Å². The number of fused-ring (bicyclic) bond motifs is 13. The van der Waals surface area contributed by atoms with Crippen molar-refractivity contribution in [3.8, 4) is 69.8 Å². The summed E-state index contributed by atoms with van der Waals surface area (Å²) in [5.74, 6) is 0.283. The van der Waals surface area contributed by atoms with Gasteiger partial charge in [0, 0.05) is 123 Å². The zero-order chi connectivity index (χ0) is 102. The SMILES string of the molecule is Brc1ccc(-c2cc3ccccc3s2)c2c1oc1ccccc12.CC1(C)OB(B2OC(C)(C)C(C)(C)O2)OC1(C)C.CC1(C)OB(c2ccc(-c3cc4ccccc4s3)c3c2oc2ccccc23)OC1(C)C.Oc1c(Br)ccc(-c2cc3ccccc3s2)c1-c1ccccc1.[2H]CF.[2H]c1c([2H])c(-c2ccc(-c3cc4ccccc4s3)c3c2oc2ccccc23)c([2H])c([2H])c1Br.[2H]c1c([2H])c(Br)c([2H])c([2H])c1Br. The molecule has 7 aromatic heterocycles. The quantitative estimate of drug-likeness (QED) is 0.148. The second kappa shape index (κ2) is 38.8. The minimum absolute atomic E-state index is 0.0668. The number of hydrogen-bond donors (Lipinski definition) is 1. The van der Waals surface area contributed by atoms with Crippen molar-refractivity contribution in [1.82, 2.24) is 0 Å². The van der Waals surface area contributed by atoms with Gasteiger partial charge >= 0.3 is 21.1 Å². The van der Waals surface area contributed by atoms with Crippen LogP contribution in [0.3, 0.4) is 0 Å². The number of rotatable bonds is 8. The molecule has 1 N–H and O–H groups in total. The Balaban J connectivity index is 0.000000115. The lowest BCUT2D eigenvalue weighted by Crippen LogP contribution is -2.41. The number of benzene rings is 14. The third-order valence-electron chi connectivity index (χ3n) is 25.2. The molecule has 3 fully saturated rings. The summed E-state index contributed by atoms with van der Waals surface area (Å²) in [7, 11) is -2.42. The Morgan fingerprint density at radius 2 is 0.612 bits per heavy atom. The number of hydrogen-bond acceptors (Lipinski definition) is 14. The maximum atomic E-state index is 10.6. The summed E-state index contributed by atoms with van der Waals surface area (Å²) >= 11 is 23.3. The second-order valence-corrected chi connectivity index (χ2v) is 43.7. The fourth-order valence-electron chi connectivity index (χ4n) is 16.3. The van der Waals surface area contributed by atoms with E-state index >= 15 is 0 Å². The number of para-hydroxylation sites is 3. The lowest BCUT2D eigenvalue weighted by atomic mass is 9.49. The lowest BCUT2D eigenvalue weighted by Gasteiger charge is -2.32. The number of aromatic hydroxyl groups is 1. The van der Waals surface area contributed by atoms with Gasteiger partial charge in [0.25, 0.3) is 0 Å². The van der Waals surface area contributed by atoms with Gasteiger partial charge in [-0.1, -0.05) is 248 Å². The van der Waals surface area contributed by atoms with Crippen molar-refractivity contribution < 1.29 is 63.0 Å². The van der Waals surface area contributed by atoms with Crippen molar-refractivity contribution in [3.63, 3.8) is 0 Å². The van der Waals surface area contributed by atoms with Crippen LogP contribution < -0.4 is 5.46 Å². The first-order chi connectivity index (χ1) is 68.1. The largest absolute Gasteiger partial charge is 0.506 e. The van der Waals surface area contributed by atoms with Crippen LogP contribution in [0.25, 0.3) is 170 Å². The molecule has 21 aromatic rings. The van der Waals surface area contributed by atoms with Crippen LogP contribution in [-0.4, -0.2) is 67.0 Å². The smallest absolute Gasteiger partial charge is 0.498 e. The third kappa shape index (κ3) is 19.0. The molecule has 0 spiro atoms. The summed E-state index contributed by atoms with van der Waals surface area (Å²) in [6, 6.07) is 92.5. The van der Waals surface area contributed by atoms with Crippen molar-refractivity contribution in [3.05, 3.63) is 344 Å². The predicted molar refractivity (Wildman–Crippen MR) is 583 cm³/mol. The van der Waals surface area contributed by atoms with Crippen LogP contribution in [0, 0.1) is 0 Å². The van der Waals surface area contributed by atoms with E-state index in [0.717, 1.165) is 96.8 Å². The molecule has 10 heterocycles.